The van der Waals surface area contributed by atoms with Crippen molar-refractivity contribution in [1.29, 1.82) is 0 Å². The molecule has 1 heterocycles. The molecule has 4 heteroatoms. The zero-order valence-electron chi connectivity index (χ0n) is 9.44. The molecule has 0 N–H and O–H groups in total. The monoisotopic (exact) mass is 233 g/mol. The number of ketones is 1. The van der Waals surface area contributed by atoms with Gasteiger partial charge in [0.15, 0.2) is 0 Å². The van der Waals surface area contributed by atoms with Gasteiger partial charge in [0.25, 0.3) is 5.89 Å². The minimum absolute atomic E-state index is 0.115. The molecule has 0 fully saturated rings. The molecular weight excluding hydrogens is 221 g/mol. The predicted octanol–water partition coefficient (Wildman–Crippen LogP) is 3.00. The number of oxazole rings is 1. The largest absolute Gasteiger partial charge is 0.439 e. The second-order valence-corrected chi connectivity index (χ2v) is 3.71. The van der Waals surface area contributed by atoms with E-state index in [4.69, 9.17) is 4.42 Å². The first kappa shape index (κ1) is 11.5. The molecule has 0 saturated heterocycles. The van der Waals surface area contributed by atoms with Crippen molar-refractivity contribution < 1.29 is 13.6 Å². The molecule has 2 aromatic rings. The van der Waals surface area contributed by atoms with Crippen LogP contribution in [0.5, 0.6) is 0 Å². The number of carbonyl (C=O) groups excluding carboxylic acids is 1. The lowest BCUT2D eigenvalue weighted by molar-refractivity contribution is 0.0953. The average molecular weight is 233 g/mol. The summed E-state index contributed by atoms with van der Waals surface area (Å²) in [5.41, 5.74) is 0.915. The smallest absolute Gasteiger partial charge is 0.263 e. The molecule has 3 nitrogen and oxygen atoms in total. The maximum Gasteiger partial charge on any atom is 0.263 e. The molecule has 0 bridgehead atoms. The van der Waals surface area contributed by atoms with Crippen LogP contribution in [-0.2, 0) is 6.42 Å². The van der Waals surface area contributed by atoms with Gasteiger partial charge in [0.05, 0.1) is 6.20 Å². The van der Waals surface area contributed by atoms with E-state index in [1.807, 2.05) is 0 Å². The summed E-state index contributed by atoms with van der Waals surface area (Å²) in [6.07, 6.45) is 2.41. The van der Waals surface area contributed by atoms with E-state index in [1.54, 1.807) is 19.1 Å². The maximum atomic E-state index is 12.7. The summed E-state index contributed by atoms with van der Waals surface area (Å²) in [4.78, 5) is 15.2. The van der Waals surface area contributed by atoms with Crippen molar-refractivity contribution in [3.8, 4) is 0 Å². The second kappa shape index (κ2) is 4.91. The molecule has 2 rings (SSSR count). The molecule has 88 valence electrons. The zero-order chi connectivity index (χ0) is 12.3. The molecule has 0 radical (unpaired) electrons. The molecule has 0 aliphatic rings. The number of hydrogen-bond donors (Lipinski definition) is 0. The van der Waals surface area contributed by atoms with E-state index in [-0.39, 0.29) is 17.5 Å². The van der Waals surface area contributed by atoms with Gasteiger partial charge in [-0.05, 0) is 17.7 Å². The molecule has 0 amide bonds. The Balaban J connectivity index is 2.11. The Kier molecular flexibility index (Phi) is 3.32. The van der Waals surface area contributed by atoms with E-state index in [0.717, 1.165) is 5.56 Å². The summed E-state index contributed by atoms with van der Waals surface area (Å²) < 4.78 is 18.0. The fraction of sp³-hybridized carbons (Fsp3) is 0.231. The number of halogens is 1. The SMILES string of the molecule is CCC(=O)c1ncc(Cc2ccc(F)cc2)o1. The van der Waals surface area contributed by atoms with Crippen LogP contribution >= 0.6 is 0 Å². The topological polar surface area (TPSA) is 43.1 Å². The van der Waals surface area contributed by atoms with Gasteiger partial charge in [0, 0.05) is 12.8 Å². The number of Topliss-reactive ketones (excluding diaryl/α,β-unsaturated/α-hetero) is 1. The number of nitrogens with zero attached hydrogens (tertiary/aromatic N) is 1. The molecule has 0 aliphatic heterocycles. The Hall–Kier alpha value is -1.97. The van der Waals surface area contributed by atoms with E-state index in [1.165, 1.54) is 18.3 Å². The second-order valence-electron chi connectivity index (χ2n) is 3.71. The van der Waals surface area contributed by atoms with Crippen molar-refractivity contribution in [2.24, 2.45) is 0 Å². The van der Waals surface area contributed by atoms with Crippen LogP contribution in [0, 0.1) is 5.82 Å². The first-order chi connectivity index (χ1) is 8.19. The highest BCUT2D eigenvalue weighted by Crippen LogP contribution is 2.12. The predicted molar refractivity (Wildman–Crippen MR) is 60.3 cm³/mol. The minimum atomic E-state index is -0.270. The van der Waals surface area contributed by atoms with Gasteiger partial charge in [-0.15, -0.1) is 0 Å². The lowest BCUT2D eigenvalue weighted by atomic mass is 10.1. The van der Waals surface area contributed by atoms with E-state index in [9.17, 15) is 9.18 Å². The van der Waals surface area contributed by atoms with Crippen LogP contribution in [0.15, 0.2) is 34.9 Å². The third-order valence-electron chi connectivity index (χ3n) is 2.40. The standard InChI is InChI=1S/C13H12FNO2/c1-2-12(16)13-15-8-11(17-13)7-9-3-5-10(14)6-4-9/h3-6,8H,2,7H2,1H3. The molecule has 0 atom stereocenters. The van der Waals surface area contributed by atoms with Crippen LogP contribution in [0.2, 0.25) is 0 Å². The van der Waals surface area contributed by atoms with E-state index >= 15 is 0 Å². The number of benzene rings is 1. The lowest BCUT2D eigenvalue weighted by Crippen LogP contribution is -1.95. The summed E-state index contributed by atoms with van der Waals surface area (Å²) in [7, 11) is 0. The number of rotatable bonds is 4. The normalized spacial score (nSPS) is 10.5. The first-order valence-electron chi connectivity index (χ1n) is 5.41. The summed E-state index contributed by atoms with van der Waals surface area (Å²) in [5, 5.41) is 0. The Bertz CT molecular complexity index is 516. The van der Waals surface area contributed by atoms with Crippen LogP contribution in [0.25, 0.3) is 0 Å². The van der Waals surface area contributed by atoms with Gasteiger partial charge in [-0.25, -0.2) is 9.37 Å². The quantitative estimate of drug-likeness (QED) is 0.762. The van der Waals surface area contributed by atoms with Gasteiger partial charge in [-0.2, -0.15) is 0 Å². The summed E-state index contributed by atoms with van der Waals surface area (Å²) in [6.45, 7) is 1.76. The van der Waals surface area contributed by atoms with Gasteiger partial charge in [0.2, 0.25) is 5.78 Å². The highest BCUT2D eigenvalue weighted by atomic mass is 19.1. The third-order valence-corrected chi connectivity index (χ3v) is 2.40. The summed E-state index contributed by atoms with van der Waals surface area (Å²) >= 11 is 0. The van der Waals surface area contributed by atoms with Gasteiger partial charge < -0.3 is 4.42 Å². The van der Waals surface area contributed by atoms with E-state index in [0.29, 0.717) is 18.6 Å². The van der Waals surface area contributed by atoms with Gasteiger partial charge in [-0.1, -0.05) is 19.1 Å². The Morgan fingerprint density at radius 1 is 1.35 bits per heavy atom. The average Bonchev–Trinajstić information content (AvgIpc) is 2.80. The van der Waals surface area contributed by atoms with Crippen LogP contribution in [0.4, 0.5) is 4.39 Å². The van der Waals surface area contributed by atoms with Crippen LogP contribution in [0.1, 0.15) is 35.4 Å². The lowest BCUT2D eigenvalue weighted by Gasteiger charge is -1.97. The van der Waals surface area contributed by atoms with Crippen molar-refractivity contribution in [3.05, 3.63) is 53.5 Å². The number of carbonyl (C=O) groups is 1. The van der Waals surface area contributed by atoms with Gasteiger partial charge in [0.1, 0.15) is 11.6 Å². The molecule has 0 saturated carbocycles. The fourth-order valence-electron chi connectivity index (χ4n) is 1.47. The van der Waals surface area contributed by atoms with Crippen molar-refractivity contribution >= 4 is 5.78 Å². The van der Waals surface area contributed by atoms with Gasteiger partial charge in [-0.3, -0.25) is 4.79 Å². The molecule has 0 unspecified atom stereocenters. The highest BCUT2D eigenvalue weighted by Gasteiger charge is 2.11. The molecule has 0 spiro atoms. The van der Waals surface area contributed by atoms with Gasteiger partial charge >= 0.3 is 0 Å². The molecule has 0 aliphatic carbocycles. The van der Waals surface area contributed by atoms with Crippen molar-refractivity contribution in [3.63, 3.8) is 0 Å². The number of aromatic nitrogens is 1. The highest BCUT2D eigenvalue weighted by molar-refractivity contribution is 5.91. The zero-order valence-corrected chi connectivity index (χ0v) is 9.44. The van der Waals surface area contributed by atoms with Crippen molar-refractivity contribution in [2.45, 2.75) is 19.8 Å². The molecular formula is C13H12FNO2. The van der Waals surface area contributed by atoms with E-state index < -0.39 is 0 Å². The van der Waals surface area contributed by atoms with Crippen LogP contribution < -0.4 is 0 Å². The van der Waals surface area contributed by atoms with Crippen LogP contribution in [0.3, 0.4) is 0 Å². The Labute approximate surface area is 98.3 Å². The number of hydrogen-bond acceptors (Lipinski definition) is 3. The van der Waals surface area contributed by atoms with E-state index in [2.05, 4.69) is 4.98 Å². The molecule has 1 aromatic carbocycles. The maximum absolute atomic E-state index is 12.7. The molecule has 1 aromatic heterocycles. The van der Waals surface area contributed by atoms with Crippen molar-refractivity contribution in [2.75, 3.05) is 0 Å². The third kappa shape index (κ3) is 2.78. The summed E-state index contributed by atoms with van der Waals surface area (Å²) in [5.74, 6) is 0.363. The Morgan fingerprint density at radius 3 is 2.71 bits per heavy atom. The first-order valence-corrected chi connectivity index (χ1v) is 5.41. The molecule has 17 heavy (non-hydrogen) atoms. The van der Waals surface area contributed by atoms with Crippen molar-refractivity contribution in [1.82, 2.24) is 4.98 Å². The fourth-order valence-corrected chi connectivity index (χ4v) is 1.47. The minimum Gasteiger partial charge on any atom is -0.439 e. The van der Waals surface area contributed by atoms with Crippen LogP contribution in [-0.4, -0.2) is 10.8 Å². The summed E-state index contributed by atoms with van der Waals surface area (Å²) in [6, 6.07) is 6.14. The Morgan fingerprint density at radius 2 is 2.06 bits per heavy atom.